The number of rotatable bonds is 5. The highest BCUT2D eigenvalue weighted by Gasteiger charge is 2.19. The first kappa shape index (κ1) is 15.8. The van der Waals surface area contributed by atoms with E-state index in [1.54, 1.807) is 32.2 Å². The third kappa shape index (κ3) is 4.40. The van der Waals surface area contributed by atoms with E-state index < -0.39 is 11.9 Å². The predicted octanol–water partition coefficient (Wildman–Crippen LogP) is 2.72. The summed E-state index contributed by atoms with van der Waals surface area (Å²) in [5.41, 5.74) is 0.561. The molecule has 0 aromatic heterocycles. The van der Waals surface area contributed by atoms with E-state index in [2.05, 4.69) is 0 Å². The van der Waals surface area contributed by atoms with Crippen molar-refractivity contribution >= 4 is 35.1 Å². The number of likely N-dealkylation sites (N-methyl/N-ethyl adjacent to an activating group) is 1. The van der Waals surface area contributed by atoms with Crippen LogP contribution in [0, 0.1) is 5.92 Å². The van der Waals surface area contributed by atoms with E-state index in [0.717, 1.165) is 0 Å². The summed E-state index contributed by atoms with van der Waals surface area (Å²) in [6.07, 6.45) is 0.0569. The van der Waals surface area contributed by atoms with E-state index >= 15 is 0 Å². The molecule has 1 unspecified atom stereocenters. The number of hydrogen-bond acceptors (Lipinski definition) is 2. The summed E-state index contributed by atoms with van der Waals surface area (Å²) in [5, 5.41) is 9.67. The minimum absolute atomic E-state index is 0.0569. The van der Waals surface area contributed by atoms with Crippen molar-refractivity contribution in [1.82, 2.24) is 4.90 Å². The van der Waals surface area contributed by atoms with Gasteiger partial charge in [0.05, 0.1) is 12.3 Å². The van der Waals surface area contributed by atoms with Gasteiger partial charge in [-0.05, 0) is 17.7 Å². The lowest BCUT2D eigenvalue weighted by Gasteiger charge is -2.20. The van der Waals surface area contributed by atoms with Gasteiger partial charge in [-0.1, -0.05) is 36.2 Å². The lowest BCUT2D eigenvalue weighted by molar-refractivity contribution is -0.142. The van der Waals surface area contributed by atoms with Crippen LogP contribution in [0.2, 0.25) is 10.0 Å². The molecule has 104 valence electrons. The zero-order chi connectivity index (χ0) is 14.6. The fraction of sp³-hybridized carbons (Fsp3) is 0.385. The highest BCUT2D eigenvalue weighted by Crippen LogP contribution is 2.25. The Labute approximate surface area is 121 Å². The van der Waals surface area contributed by atoms with Crippen molar-refractivity contribution in [2.24, 2.45) is 5.92 Å². The number of carboxylic acids is 1. The van der Waals surface area contributed by atoms with Gasteiger partial charge in [0.25, 0.3) is 0 Å². The van der Waals surface area contributed by atoms with Gasteiger partial charge in [0.2, 0.25) is 5.91 Å². The largest absolute Gasteiger partial charge is 0.481 e. The highest BCUT2D eigenvalue weighted by atomic mass is 35.5. The molecule has 0 spiro atoms. The van der Waals surface area contributed by atoms with Crippen molar-refractivity contribution in [1.29, 1.82) is 0 Å². The molecule has 0 aliphatic rings. The molecule has 1 amide bonds. The van der Waals surface area contributed by atoms with Crippen molar-refractivity contribution in [3.05, 3.63) is 33.8 Å². The maximum Gasteiger partial charge on any atom is 0.308 e. The molecule has 0 radical (unpaired) electrons. The molecule has 0 heterocycles. The summed E-state index contributed by atoms with van der Waals surface area (Å²) in [6, 6.07) is 5.03. The second-order valence-corrected chi connectivity index (χ2v) is 5.20. The average molecular weight is 304 g/mol. The fourth-order valence-electron chi connectivity index (χ4n) is 1.58. The minimum Gasteiger partial charge on any atom is -0.481 e. The molecule has 1 atom stereocenters. The molecule has 6 heteroatoms. The van der Waals surface area contributed by atoms with Crippen molar-refractivity contribution in [2.75, 3.05) is 13.6 Å². The summed E-state index contributed by atoms with van der Waals surface area (Å²) >= 11 is 12.0. The number of aliphatic carboxylic acids is 1. The minimum atomic E-state index is -0.935. The SMILES string of the molecule is CC(CN(C)C(=O)Cc1c(Cl)cccc1Cl)C(=O)O. The molecule has 1 rings (SSSR count). The van der Waals surface area contributed by atoms with Gasteiger partial charge in [-0.25, -0.2) is 0 Å². The molecule has 19 heavy (non-hydrogen) atoms. The molecule has 1 aromatic rings. The Bertz CT molecular complexity index is 471. The molecule has 4 nitrogen and oxygen atoms in total. The Morgan fingerprint density at radius 3 is 2.32 bits per heavy atom. The zero-order valence-electron chi connectivity index (χ0n) is 10.7. The maximum absolute atomic E-state index is 12.0. The van der Waals surface area contributed by atoms with Gasteiger partial charge < -0.3 is 10.0 Å². The van der Waals surface area contributed by atoms with Crippen LogP contribution in [-0.4, -0.2) is 35.5 Å². The van der Waals surface area contributed by atoms with Crippen LogP contribution < -0.4 is 0 Å². The van der Waals surface area contributed by atoms with Crippen LogP contribution >= 0.6 is 23.2 Å². The normalized spacial score (nSPS) is 12.0. The Morgan fingerprint density at radius 2 is 1.84 bits per heavy atom. The second kappa shape index (κ2) is 6.78. The Kier molecular flexibility index (Phi) is 5.63. The van der Waals surface area contributed by atoms with Crippen molar-refractivity contribution in [3.8, 4) is 0 Å². The highest BCUT2D eigenvalue weighted by molar-refractivity contribution is 6.36. The first-order valence-electron chi connectivity index (χ1n) is 5.72. The standard InChI is InChI=1S/C13H15Cl2NO3/c1-8(13(18)19)7-16(2)12(17)6-9-10(14)4-3-5-11(9)15/h3-5,8H,6-7H2,1-2H3,(H,18,19). The van der Waals surface area contributed by atoms with E-state index in [4.69, 9.17) is 28.3 Å². The number of amides is 1. The van der Waals surface area contributed by atoms with Crippen molar-refractivity contribution in [3.63, 3.8) is 0 Å². The van der Waals surface area contributed by atoms with E-state index in [1.807, 2.05) is 0 Å². The summed E-state index contributed by atoms with van der Waals surface area (Å²) in [7, 11) is 1.56. The lowest BCUT2D eigenvalue weighted by atomic mass is 10.1. The van der Waals surface area contributed by atoms with Crippen LogP contribution in [0.5, 0.6) is 0 Å². The number of carboxylic acid groups (broad SMARTS) is 1. The van der Waals surface area contributed by atoms with Crippen LogP contribution in [0.1, 0.15) is 12.5 Å². The van der Waals surface area contributed by atoms with Crippen molar-refractivity contribution < 1.29 is 14.7 Å². The molecule has 0 aliphatic heterocycles. The van der Waals surface area contributed by atoms with Crippen LogP contribution in [0.15, 0.2) is 18.2 Å². The number of hydrogen-bond donors (Lipinski definition) is 1. The topological polar surface area (TPSA) is 57.6 Å². The molecular weight excluding hydrogens is 289 g/mol. The Balaban J connectivity index is 2.72. The lowest BCUT2D eigenvalue weighted by Crippen LogP contribution is -2.34. The van der Waals surface area contributed by atoms with E-state index in [-0.39, 0.29) is 18.9 Å². The van der Waals surface area contributed by atoms with Gasteiger partial charge in [0.15, 0.2) is 0 Å². The van der Waals surface area contributed by atoms with Gasteiger partial charge in [0, 0.05) is 23.6 Å². The summed E-state index contributed by atoms with van der Waals surface area (Å²) in [6.45, 7) is 1.70. The average Bonchev–Trinajstić information content (AvgIpc) is 2.33. The summed E-state index contributed by atoms with van der Waals surface area (Å²) in [5.74, 6) is -1.77. The van der Waals surface area contributed by atoms with E-state index in [1.165, 1.54) is 4.90 Å². The van der Waals surface area contributed by atoms with Crippen LogP contribution in [-0.2, 0) is 16.0 Å². The molecule has 0 bridgehead atoms. The number of halogens is 2. The van der Waals surface area contributed by atoms with Crippen LogP contribution in [0.3, 0.4) is 0 Å². The predicted molar refractivity (Wildman–Crippen MR) is 74.6 cm³/mol. The van der Waals surface area contributed by atoms with Gasteiger partial charge in [-0.15, -0.1) is 0 Å². The molecule has 1 N–H and O–H groups in total. The second-order valence-electron chi connectivity index (χ2n) is 4.39. The molecular formula is C13H15Cl2NO3. The number of carbonyl (C=O) groups excluding carboxylic acids is 1. The van der Waals surface area contributed by atoms with E-state index in [9.17, 15) is 9.59 Å². The van der Waals surface area contributed by atoms with E-state index in [0.29, 0.717) is 15.6 Å². The molecule has 0 saturated heterocycles. The number of benzene rings is 1. The first-order chi connectivity index (χ1) is 8.82. The van der Waals surface area contributed by atoms with Crippen LogP contribution in [0.25, 0.3) is 0 Å². The Morgan fingerprint density at radius 1 is 1.32 bits per heavy atom. The molecule has 0 fully saturated rings. The van der Waals surface area contributed by atoms with Gasteiger partial charge in [0.1, 0.15) is 0 Å². The first-order valence-corrected chi connectivity index (χ1v) is 6.48. The van der Waals surface area contributed by atoms with Gasteiger partial charge >= 0.3 is 5.97 Å². The molecule has 1 aromatic carbocycles. The fourth-order valence-corrected chi connectivity index (χ4v) is 2.11. The summed E-state index contributed by atoms with van der Waals surface area (Å²) < 4.78 is 0. The Hall–Kier alpha value is -1.26. The molecule has 0 aliphatic carbocycles. The molecule has 0 saturated carbocycles. The summed E-state index contributed by atoms with van der Waals surface area (Å²) in [4.78, 5) is 24.1. The monoisotopic (exact) mass is 303 g/mol. The zero-order valence-corrected chi connectivity index (χ0v) is 12.2. The van der Waals surface area contributed by atoms with Crippen molar-refractivity contribution in [2.45, 2.75) is 13.3 Å². The maximum atomic E-state index is 12.0. The quantitative estimate of drug-likeness (QED) is 0.910. The number of nitrogens with zero attached hydrogens (tertiary/aromatic N) is 1. The van der Waals surface area contributed by atoms with Gasteiger partial charge in [-0.2, -0.15) is 0 Å². The number of carbonyl (C=O) groups is 2. The smallest absolute Gasteiger partial charge is 0.308 e. The third-order valence-electron chi connectivity index (χ3n) is 2.78. The van der Waals surface area contributed by atoms with Crippen LogP contribution in [0.4, 0.5) is 0 Å². The third-order valence-corrected chi connectivity index (χ3v) is 3.49. The van der Waals surface area contributed by atoms with Gasteiger partial charge in [-0.3, -0.25) is 9.59 Å².